The first-order chi connectivity index (χ1) is 14.4. The highest BCUT2D eigenvalue weighted by Gasteiger charge is 2.13. The van der Waals surface area contributed by atoms with Gasteiger partial charge in [-0.15, -0.1) is 0 Å². The molecule has 3 rings (SSSR count). The maximum atomic E-state index is 10.8. The Labute approximate surface area is 177 Å². The Hall–Kier alpha value is -3.15. The van der Waals surface area contributed by atoms with Gasteiger partial charge in [-0.25, -0.2) is 4.98 Å². The molecule has 0 spiro atoms. The Balaban J connectivity index is 1.69. The zero-order valence-electron chi connectivity index (χ0n) is 17.8. The van der Waals surface area contributed by atoms with Gasteiger partial charge in [-0.2, -0.15) is 0 Å². The van der Waals surface area contributed by atoms with Crippen LogP contribution in [-0.4, -0.2) is 32.2 Å². The van der Waals surface area contributed by atoms with Crippen molar-refractivity contribution in [3.63, 3.8) is 0 Å². The van der Waals surface area contributed by atoms with Crippen molar-refractivity contribution in [3.05, 3.63) is 65.7 Å². The first-order valence-electron chi connectivity index (χ1n) is 10.3. The maximum absolute atomic E-state index is 10.8. The molecule has 0 unspecified atom stereocenters. The van der Waals surface area contributed by atoms with Gasteiger partial charge in [0.05, 0.1) is 13.2 Å². The van der Waals surface area contributed by atoms with Crippen LogP contribution in [0.15, 0.2) is 48.8 Å². The van der Waals surface area contributed by atoms with Crippen molar-refractivity contribution < 1.29 is 14.6 Å². The Morgan fingerprint density at radius 2 is 1.93 bits per heavy atom. The van der Waals surface area contributed by atoms with Crippen LogP contribution in [0, 0.1) is 19.8 Å². The molecule has 0 amide bonds. The second kappa shape index (κ2) is 10.1. The van der Waals surface area contributed by atoms with E-state index in [0.29, 0.717) is 13.2 Å². The van der Waals surface area contributed by atoms with Crippen molar-refractivity contribution in [2.24, 2.45) is 5.92 Å². The summed E-state index contributed by atoms with van der Waals surface area (Å²) in [6, 6.07) is 12.1. The van der Waals surface area contributed by atoms with Crippen LogP contribution in [0.2, 0.25) is 0 Å². The molecule has 0 aliphatic rings. The van der Waals surface area contributed by atoms with Gasteiger partial charge in [-0.05, 0) is 50.8 Å². The lowest BCUT2D eigenvalue weighted by Gasteiger charge is -2.15. The smallest absolute Gasteiger partial charge is 0.303 e. The van der Waals surface area contributed by atoms with E-state index in [2.05, 4.69) is 20.6 Å². The number of carbonyl (C=O) groups is 1. The molecule has 0 saturated heterocycles. The van der Waals surface area contributed by atoms with Crippen LogP contribution in [0.1, 0.15) is 43.1 Å². The van der Waals surface area contributed by atoms with Crippen LogP contribution in [0.5, 0.6) is 5.75 Å². The lowest BCUT2D eigenvalue weighted by atomic mass is 10.0. The maximum Gasteiger partial charge on any atom is 0.303 e. The SMILES string of the molecule is Cc1ccc(-c2ncc(C)n2Cc2ccccc2OCCC[C@@H](C)CC(=O)O)cn1. The molecule has 1 aromatic carbocycles. The molecule has 3 aromatic rings. The number of hydrogen-bond acceptors (Lipinski definition) is 4. The Morgan fingerprint density at radius 1 is 1.13 bits per heavy atom. The average molecular weight is 408 g/mol. The van der Waals surface area contributed by atoms with Gasteiger partial charge in [0.2, 0.25) is 0 Å². The van der Waals surface area contributed by atoms with Gasteiger partial charge in [-0.3, -0.25) is 9.78 Å². The number of hydrogen-bond donors (Lipinski definition) is 1. The standard InChI is InChI=1S/C24H29N3O3/c1-17(13-23(28)29)7-6-12-30-22-9-5-4-8-21(22)16-27-19(3)14-26-24(27)20-11-10-18(2)25-15-20/h4-5,8-11,14-15,17H,6-7,12-13,16H2,1-3H3,(H,28,29)/t17-/m1/s1. The number of imidazole rings is 1. The monoisotopic (exact) mass is 407 g/mol. The molecule has 0 bridgehead atoms. The van der Waals surface area contributed by atoms with Gasteiger partial charge in [0.15, 0.2) is 0 Å². The molecule has 0 aliphatic heterocycles. The average Bonchev–Trinajstić information content (AvgIpc) is 3.07. The van der Waals surface area contributed by atoms with E-state index in [0.717, 1.165) is 46.9 Å². The molecule has 6 heteroatoms. The summed E-state index contributed by atoms with van der Waals surface area (Å²) in [5, 5.41) is 8.88. The number of aliphatic carboxylic acids is 1. The van der Waals surface area contributed by atoms with Crippen LogP contribution in [0.25, 0.3) is 11.4 Å². The number of benzene rings is 1. The summed E-state index contributed by atoms with van der Waals surface area (Å²) >= 11 is 0. The quantitative estimate of drug-likeness (QED) is 0.485. The van der Waals surface area contributed by atoms with E-state index in [1.807, 2.05) is 63.5 Å². The molecule has 158 valence electrons. The minimum absolute atomic E-state index is 0.153. The van der Waals surface area contributed by atoms with Gasteiger partial charge < -0.3 is 14.4 Å². The number of rotatable bonds is 10. The molecular formula is C24H29N3O3. The molecule has 2 aromatic heterocycles. The van der Waals surface area contributed by atoms with Crippen molar-refractivity contribution in [1.29, 1.82) is 0 Å². The first-order valence-corrected chi connectivity index (χ1v) is 10.3. The van der Waals surface area contributed by atoms with Gasteiger partial charge in [0, 0.05) is 41.3 Å². The summed E-state index contributed by atoms with van der Waals surface area (Å²) < 4.78 is 8.22. The number of carboxylic acids is 1. The van der Waals surface area contributed by atoms with Crippen LogP contribution in [-0.2, 0) is 11.3 Å². The van der Waals surface area contributed by atoms with Gasteiger partial charge in [-0.1, -0.05) is 25.1 Å². The minimum atomic E-state index is -0.746. The predicted octanol–water partition coefficient (Wildman–Crippen LogP) is 4.88. The number of aromatic nitrogens is 3. The molecule has 0 aliphatic carbocycles. The summed E-state index contributed by atoms with van der Waals surface area (Å²) in [6.07, 6.45) is 5.59. The topological polar surface area (TPSA) is 77.2 Å². The number of pyridine rings is 1. The Kier molecular flexibility index (Phi) is 7.22. The van der Waals surface area contributed by atoms with E-state index in [1.165, 1.54) is 0 Å². The molecule has 1 N–H and O–H groups in total. The van der Waals surface area contributed by atoms with Crippen molar-refractivity contribution in [2.45, 2.75) is 46.6 Å². The molecule has 2 heterocycles. The van der Waals surface area contributed by atoms with Crippen molar-refractivity contribution in [2.75, 3.05) is 6.61 Å². The zero-order chi connectivity index (χ0) is 21.5. The fourth-order valence-electron chi connectivity index (χ4n) is 3.45. The van der Waals surface area contributed by atoms with Crippen LogP contribution < -0.4 is 4.74 Å². The van der Waals surface area contributed by atoms with E-state index >= 15 is 0 Å². The van der Waals surface area contributed by atoms with E-state index in [1.54, 1.807) is 0 Å². The molecule has 6 nitrogen and oxygen atoms in total. The zero-order valence-corrected chi connectivity index (χ0v) is 17.8. The highest BCUT2D eigenvalue weighted by Crippen LogP contribution is 2.25. The van der Waals surface area contributed by atoms with E-state index in [4.69, 9.17) is 9.84 Å². The highest BCUT2D eigenvalue weighted by atomic mass is 16.5. The molecule has 0 saturated carbocycles. The lowest BCUT2D eigenvalue weighted by Crippen LogP contribution is -2.09. The number of para-hydroxylation sites is 1. The second-order valence-electron chi connectivity index (χ2n) is 7.80. The highest BCUT2D eigenvalue weighted by molar-refractivity contribution is 5.66. The Morgan fingerprint density at radius 3 is 2.67 bits per heavy atom. The summed E-state index contributed by atoms with van der Waals surface area (Å²) in [5.74, 6) is 1.14. The largest absolute Gasteiger partial charge is 0.493 e. The molecule has 0 fully saturated rings. The van der Waals surface area contributed by atoms with Crippen molar-refractivity contribution >= 4 is 5.97 Å². The first kappa shape index (κ1) is 21.6. The molecule has 0 radical (unpaired) electrons. The van der Waals surface area contributed by atoms with Gasteiger partial charge in [0.25, 0.3) is 0 Å². The van der Waals surface area contributed by atoms with Crippen LogP contribution in [0.3, 0.4) is 0 Å². The fraction of sp³-hybridized carbons (Fsp3) is 0.375. The normalized spacial score (nSPS) is 12.0. The molecule has 30 heavy (non-hydrogen) atoms. The summed E-state index contributed by atoms with van der Waals surface area (Å²) in [6.45, 7) is 7.20. The number of aryl methyl sites for hydroxylation is 2. The van der Waals surface area contributed by atoms with E-state index < -0.39 is 5.97 Å². The number of ether oxygens (including phenoxy) is 1. The Bertz CT molecular complexity index is 980. The van der Waals surface area contributed by atoms with Crippen LogP contribution in [0.4, 0.5) is 0 Å². The number of nitrogens with zero attached hydrogens (tertiary/aromatic N) is 3. The summed E-state index contributed by atoms with van der Waals surface area (Å²) in [5.41, 5.74) is 4.12. The number of carboxylic acid groups (broad SMARTS) is 1. The fourth-order valence-corrected chi connectivity index (χ4v) is 3.45. The third-order valence-corrected chi connectivity index (χ3v) is 5.15. The summed E-state index contributed by atoms with van der Waals surface area (Å²) in [4.78, 5) is 19.8. The third-order valence-electron chi connectivity index (χ3n) is 5.15. The van der Waals surface area contributed by atoms with E-state index in [-0.39, 0.29) is 12.3 Å². The van der Waals surface area contributed by atoms with Gasteiger partial charge >= 0.3 is 5.97 Å². The predicted molar refractivity (Wildman–Crippen MR) is 117 cm³/mol. The van der Waals surface area contributed by atoms with E-state index in [9.17, 15) is 4.79 Å². The van der Waals surface area contributed by atoms with Crippen molar-refractivity contribution in [3.8, 4) is 17.1 Å². The molecular weight excluding hydrogens is 378 g/mol. The molecule has 1 atom stereocenters. The van der Waals surface area contributed by atoms with Crippen LogP contribution >= 0.6 is 0 Å². The van der Waals surface area contributed by atoms with Crippen molar-refractivity contribution in [1.82, 2.24) is 14.5 Å². The lowest BCUT2D eigenvalue weighted by molar-refractivity contribution is -0.138. The van der Waals surface area contributed by atoms with Gasteiger partial charge in [0.1, 0.15) is 11.6 Å². The minimum Gasteiger partial charge on any atom is -0.493 e. The third kappa shape index (κ3) is 5.69. The second-order valence-corrected chi connectivity index (χ2v) is 7.80. The summed E-state index contributed by atoms with van der Waals surface area (Å²) in [7, 11) is 0.